The van der Waals surface area contributed by atoms with Crippen LogP contribution in [-0.2, 0) is 0 Å². The third-order valence-corrected chi connectivity index (χ3v) is 4.42. The molecule has 2 N–H and O–H groups in total. The van der Waals surface area contributed by atoms with E-state index in [2.05, 4.69) is 27.7 Å². The van der Waals surface area contributed by atoms with Gasteiger partial charge in [-0.25, -0.2) is 0 Å². The second-order valence-electron chi connectivity index (χ2n) is 5.77. The number of fused-ring (bicyclic) bond motifs is 3. The van der Waals surface area contributed by atoms with Crippen LogP contribution in [0.5, 0.6) is 0 Å². The first-order valence-electron chi connectivity index (χ1n) is 7.25. The van der Waals surface area contributed by atoms with E-state index in [1.807, 2.05) is 6.07 Å². The molecule has 100 valence electrons. The molecule has 4 rings (SSSR count). The van der Waals surface area contributed by atoms with Crippen LogP contribution in [0.4, 0.5) is 5.69 Å². The Labute approximate surface area is 113 Å². The van der Waals surface area contributed by atoms with Crippen molar-refractivity contribution in [3.8, 4) is 0 Å². The second-order valence-corrected chi connectivity index (χ2v) is 5.77. The molecular weight excluding hydrogens is 238 g/mol. The van der Waals surface area contributed by atoms with Crippen molar-refractivity contribution in [1.29, 1.82) is 0 Å². The summed E-state index contributed by atoms with van der Waals surface area (Å²) >= 11 is 0. The summed E-state index contributed by atoms with van der Waals surface area (Å²) in [6, 6.07) is 6.39. The van der Waals surface area contributed by atoms with Crippen molar-refractivity contribution in [1.82, 2.24) is 10.6 Å². The van der Waals surface area contributed by atoms with Crippen LogP contribution in [0.25, 0.3) is 0 Å². The number of benzene rings is 1. The molecule has 0 spiro atoms. The predicted molar refractivity (Wildman–Crippen MR) is 74.5 cm³/mol. The van der Waals surface area contributed by atoms with E-state index >= 15 is 0 Å². The SMILES string of the molecule is O=C1N[C@@H]2CCNCCN2c2cc(C3CC3)ccc21. The van der Waals surface area contributed by atoms with E-state index in [0.29, 0.717) is 0 Å². The van der Waals surface area contributed by atoms with Crippen LogP contribution >= 0.6 is 0 Å². The van der Waals surface area contributed by atoms with Crippen molar-refractivity contribution in [3.05, 3.63) is 29.3 Å². The number of carbonyl (C=O) groups is 1. The molecule has 0 aromatic heterocycles. The Morgan fingerprint density at radius 1 is 1.16 bits per heavy atom. The molecule has 4 heteroatoms. The average molecular weight is 257 g/mol. The molecular formula is C15H19N3O. The molecule has 0 radical (unpaired) electrons. The Morgan fingerprint density at radius 2 is 2.05 bits per heavy atom. The van der Waals surface area contributed by atoms with Gasteiger partial charge >= 0.3 is 0 Å². The van der Waals surface area contributed by atoms with Crippen molar-refractivity contribution >= 4 is 11.6 Å². The van der Waals surface area contributed by atoms with Crippen molar-refractivity contribution < 1.29 is 4.79 Å². The van der Waals surface area contributed by atoms with E-state index in [0.717, 1.165) is 43.2 Å². The summed E-state index contributed by atoms with van der Waals surface area (Å²) in [7, 11) is 0. The van der Waals surface area contributed by atoms with E-state index in [1.54, 1.807) is 0 Å². The first-order chi connectivity index (χ1) is 9.33. The second kappa shape index (κ2) is 4.23. The van der Waals surface area contributed by atoms with E-state index < -0.39 is 0 Å². The quantitative estimate of drug-likeness (QED) is 0.800. The van der Waals surface area contributed by atoms with Gasteiger partial charge in [-0.3, -0.25) is 4.79 Å². The molecule has 2 fully saturated rings. The number of nitrogens with zero attached hydrogens (tertiary/aromatic N) is 1. The van der Waals surface area contributed by atoms with Crippen LogP contribution in [0.15, 0.2) is 18.2 Å². The Balaban J connectivity index is 1.77. The fraction of sp³-hybridized carbons (Fsp3) is 0.533. The third kappa shape index (κ3) is 1.91. The summed E-state index contributed by atoms with van der Waals surface area (Å²) < 4.78 is 0. The molecule has 0 bridgehead atoms. The molecule has 1 aromatic rings. The maximum Gasteiger partial charge on any atom is 0.254 e. The lowest BCUT2D eigenvalue weighted by Crippen LogP contribution is -2.53. The van der Waals surface area contributed by atoms with Gasteiger partial charge in [-0.15, -0.1) is 0 Å². The summed E-state index contributed by atoms with van der Waals surface area (Å²) in [4.78, 5) is 14.6. The van der Waals surface area contributed by atoms with Gasteiger partial charge in [0.25, 0.3) is 5.91 Å². The number of anilines is 1. The van der Waals surface area contributed by atoms with E-state index in [1.165, 1.54) is 18.4 Å². The summed E-state index contributed by atoms with van der Waals surface area (Å²) in [5, 5.41) is 6.53. The molecule has 0 unspecified atom stereocenters. The number of hydrogen-bond donors (Lipinski definition) is 2. The van der Waals surface area contributed by atoms with Crippen molar-refractivity contribution in [2.45, 2.75) is 31.3 Å². The van der Waals surface area contributed by atoms with Crippen molar-refractivity contribution in [3.63, 3.8) is 0 Å². The van der Waals surface area contributed by atoms with Gasteiger partial charge in [-0.1, -0.05) is 6.07 Å². The lowest BCUT2D eigenvalue weighted by Gasteiger charge is -2.37. The van der Waals surface area contributed by atoms with E-state index in [9.17, 15) is 4.79 Å². The highest BCUT2D eigenvalue weighted by Crippen LogP contribution is 2.42. The maximum absolute atomic E-state index is 12.2. The topological polar surface area (TPSA) is 44.4 Å². The predicted octanol–water partition coefficient (Wildman–Crippen LogP) is 1.43. The summed E-state index contributed by atoms with van der Waals surface area (Å²) in [5.74, 6) is 0.819. The van der Waals surface area contributed by atoms with Gasteiger partial charge in [-0.05, 0) is 49.4 Å². The van der Waals surface area contributed by atoms with E-state index in [4.69, 9.17) is 0 Å². The Morgan fingerprint density at radius 3 is 2.89 bits per heavy atom. The van der Waals surface area contributed by atoms with Crippen molar-refractivity contribution in [2.24, 2.45) is 0 Å². The zero-order valence-corrected chi connectivity index (χ0v) is 11.0. The first-order valence-corrected chi connectivity index (χ1v) is 7.25. The van der Waals surface area contributed by atoms with E-state index in [-0.39, 0.29) is 12.1 Å². The average Bonchev–Trinajstić information content (AvgIpc) is 3.25. The Hall–Kier alpha value is -1.55. The fourth-order valence-electron chi connectivity index (χ4n) is 3.19. The number of carbonyl (C=O) groups excluding carboxylic acids is 1. The minimum Gasteiger partial charge on any atom is -0.349 e. The molecule has 3 aliphatic rings. The minimum atomic E-state index is 0.0838. The molecule has 1 aromatic carbocycles. The van der Waals surface area contributed by atoms with Crippen LogP contribution in [0.1, 0.15) is 41.1 Å². The van der Waals surface area contributed by atoms with Gasteiger partial charge in [0.2, 0.25) is 0 Å². The smallest absolute Gasteiger partial charge is 0.254 e. The molecule has 1 amide bonds. The monoisotopic (exact) mass is 257 g/mol. The lowest BCUT2D eigenvalue weighted by molar-refractivity contribution is 0.0926. The number of nitrogens with one attached hydrogen (secondary N) is 2. The van der Waals surface area contributed by atoms with Crippen LogP contribution < -0.4 is 15.5 Å². The minimum absolute atomic E-state index is 0.0838. The Bertz CT molecular complexity index is 524. The maximum atomic E-state index is 12.2. The highest BCUT2D eigenvalue weighted by atomic mass is 16.2. The molecule has 2 aliphatic heterocycles. The highest BCUT2D eigenvalue weighted by molar-refractivity contribution is 6.02. The van der Waals surface area contributed by atoms with Gasteiger partial charge < -0.3 is 15.5 Å². The van der Waals surface area contributed by atoms with Crippen LogP contribution in [0.3, 0.4) is 0 Å². The summed E-state index contributed by atoms with van der Waals surface area (Å²) in [6.07, 6.45) is 3.73. The van der Waals surface area contributed by atoms with Crippen LogP contribution in [0, 0.1) is 0 Å². The van der Waals surface area contributed by atoms with Crippen LogP contribution in [0.2, 0.25) is 0 Å². The largest absolute Gasteiger partial charge is 0.349 e. The zero-order valence-electron chi connectivity index (χ0n) is 11.0. The van der Waals surface area contributed by atoms with Gasteiger partial charge in [0.05, 0.1) is 11.3 Å². The fourth-order valence-corrected chi connectivity index (χ4v) is 3.19. The number of amides is 1. The molecule has 1 aliphatic carbocycles. The molecule has 4 nitrogen and oxygen atoms in total. The first kappa shape index (κ1) is 11.3. The molecule has 19 heavy (non-hydrogen) atoms. The lowest BCUT2D eigenvalue weighted by atomic mass is 10.0. The standard InChI is InChI=1S/C15H19N3O/c19-15-12-4-3-11(10-1-2-10)9-13(12)18-8-7-16-6-5-14(18)17-15/h3-4,9-10,14,16H,1-2,5-8H2,(H,17,19)/t14-/m0/s1. The third-order valence-electron chi connectivity index (χ3n) is 4.42. The number of rotatable bonds is 1. The van der Waals surface area contributed by atoms with Crippen LogP contribution in [-0.4, -0.2) is 31.7 Å². The molecule has 1 atom stereocenters. The normalized spacial score (nSPS) is 26.2. The highest BCUT2D eigenvalue weighted by Gasteiger charge is 2.33. The summed E-state index contributed by atoms with van der Waals surface area (Å²) in [5.41, 5.74) is 3.38. The molecule has 2 heterocycles. The summed E-state index contributed by atoms with van der Waals surface area (Å²) in [6.45, 7) is 2.92. The number of hydrogen-bond acceptors (Lipinski definition) is 3. The molecule has 1 saturated carbocycles. The zero-order chi connectivity index (χ0) is 12.8. The van der Waals surface area contributed by atoms with Gasteiger partial charge in [0.15, 0.2) is 0 Å². The molecule has 1 saturated heterocycles. The van der Waals surface area contributed by atoms with Gasteiger partial charge in [-0.2, -0.15) is 0 Å². The Kier molecular flexibility index (Phi) is 2.52. The van der Waals surface area contributed by atoms with Gasteiger partial charge in [0, 0.05) is 13.1 Å². The van der Waals surface area contributed by atoms with Crippen molar-refractivity contribution in [2.75, 3.05) is 24.5 Å². The van der Waals surface area contributed by atoms with Gasteiger partial charge in [0.1, 0.15) is 6.17 Å².